The lowest BCUT2D eigenvalue weighted by Gasteiger charge is -1.80. The molecule has 0 atom stereocenters. The van der Waals surface area contributed by atoms with Gasteiger partial charge in [0.2, 0.25) is 0 Å². The number of aromatic nitrogens is 1. The molecule has 0 unspecified atom stereocenters. The fourth-order valence-electron chi connectivity index (χ4n) is 0.463. The first kappa shape index (κ1) is 5.28. The van der Waals surface area contributed by atoms with Crippen molar-refractivity contribution in [2.45, 2.75) is 6.42 Å². The number of nitrogens with zero attached hydrogens (tertiary/aromatic N) is 1. The van der Waals surface area contributed by atoms with Crippen molar-refractivity contribution >= 4 is 0 Å². The number of halogens is 1. The third kappa shape index (κ3) is 1.05. The van der Waals surface area contributed by atoms with Gasteiger partial charge in [0.25, 0.3) is 0 Å². The molecule has 0 aromatic carbocycles. The summed E-state index contributed by atoms with van der Waals surface area (Å²) in [7, 11) is 0. The van der Waals surface area contributed by atoms with E-state index in [2.05, 4.69) is 9.68 Å². The molecule has 0 N–H and O–H groups in total. The van der Waals surface area contributed by atoms with Crippen LogP contribution in [0.15, 0.2) is 16.9 Å². The molecule has 0 amide bonds. The highest BCUT2D eigenvalue weighted by Crippen LogP contribution is 1.94. The number of hydrogen-bond acceptors (Lipinski definition) is 2. The molecular weight excluding hydrogens is 109 g/mol. The summed E-state index contributed by atoms with van der Waals surface area (Å²) in [6.07, 6.45) is 1.79. The van der Waals surface area contributed by atoms with E-state index in [0.29, 0.717) is 12.1 Å². The molecule has 2 nitrogen and oxygen atoms in total. The van der Waals surface area contributed by atoms with E-state index in [-0.39, 0.29) is 6.67 Å². The van der Waals surface area contributed by atoms with Crippen LogP contribution in [0.1, 0.15) is 5.69 Å². The van der Waals surface area contributed by atoms with Gasteiger partial charge in [0.05, 0.1) is 12.4 Å². The summed E-state index contributed by atoms with van der Waals surface area (Å²) in [5.41, 5.74) is 0.674. The molecule has 0 fully saturated rings. The maximum Gasteiger partial charge on any atom is 0.124 e. The van der Waals surface area contributed by atoms with E-state index in [1.54, 1.807) is 6.07 Å². The van der Waals surface area contributed by atoms with Gasteiger partial charge in [0.1, 0.15) is 6.26 Å². The predicted octanol–water partition coefficient (Wildman–Crippen LogP) is 1.19. The minimum Gasteiger partial charge on any atom is -0.365 e. The van der Waals surface area contributed by atoms with Gasteiger partial charge >= 0.3 is 0 Å². The minimum atomic E-state index is -0.369. The highest BCUT2D eigenvalue weighted by atomic mass is 19.1. The first-order chi connectivity index (χ1) is 3.93. The van der Waals surface area contributed by atoms with Gasteiger partial charge in [-0.1, -0.05) is 5.16 Å². The largest absolute Gasteiger partial charge is 0.365 e. The van der Waals surface area contributed by atoms with Gasteiger partial charge < -0.3 is 4.52 Å². The average molecular weight is 115 g/mol. The summed E-state index contributed by atoms with van der Waals surface area (Å²) < 4.78 is 15.9. The topological polar surface area (TPSA) is 26.0 Å². The van der Waals surface area contributed by atoms with Crippen molar-refractivity contribution in [1.29, 1.82) is 0 Å². The maximum absolute atomic E-state index is 11.5. The lowest BCUT2D eigenvalue weighted by atomic mass is 10.3. The molecular formula is C5H6FNO. The van der Waals surface area contributed by atoms with Crippen molar-refractivity contribution in [2.75, 3.05) is 6.67 Å². The third-order valence-electron chi connectivity index (χ3n) is 0.842. The van der Waals surface area contributed by atoms with Crippen molar-refractivity contribution in [1.82, 2.24) is 5.16 Å². The number of alkyl halides is 1. The molecule has 1 rings (SSSR count). The van der Waals surface area contributed by atoms with Gasteiger partial charge in [-0.3, -0.25) is 4.39 Å². The van der Waals surface area contributed by atoms with Crippen molar-refractivity contribution in [2.24, 2.45) is 0 Å². The fraction of sp³-hybridized carbons (Fsp3) is 0.400. The molecule has 0 aliphatic rings. The van der Waals surface area contributed by atoms with Crippen LogP contribution < -0.4 is 0 Å². The summed E-state index contributed by atoms with van der Waals surface area (Å²) in [4.78, 5) is 0. The standard InChI is InChI=1S/C5H6FNO/c6-3-1-5-2-4-8-7-5/h2,4H,1,3H2. The predicted molar refractivity (Wildman–Crippen MR) is 26.2 cm³/mol. The Morgan fingerprint density at radius 2 is 2.62 bits per heavy atom. The molecule has 0 aliphatic heterocycles. The van der Waals surface area contributed by atoms with E-state index in [1.807, 2.05) is 0 Å². The zero-order valence-electron chi connectivity index (χ0n) is 4.30. The first-order valence-electron chi connectivity index (χ1n) is 2.38. The lowest BCUT2D eigenvalue weighted by molar-refractivity contribution is 0.404. The Hall–Kier alpha value is -0.860. The van der Waals surface area contributed by atoms with Crippen LogP contribution in [0.3, 0.4) is 0 Å². The maximum atomic E-state index is 11.5. The van der Waals surface area contributed by atoms with Crippen molar-refractivity contribution < 1.29 is 8.91 Å². The number of rotatable bonds is 2. The molecule has 0 spiro atoms. The van der Waals surface area contributed by atoms with Crippen LogP contribution in [0.5, 0.6) is 0 Å². The molecule has 0 radical (unpaired) electrons. The van der Waals surface area contributed by atoms with Crippen LogP contribution in [0, 0.1) is 0 Å². The quantitative estimate of drug-likeness (QED) is 0.578. The van der Waals surface area contributed by atoms with Crippen molar-refractivity contribution in [3.8, 4) is 0 Å². The lowest BCUT2D eigenvalue weighted by Crippen LogP contribution is -1.83. The summed E-state index contributed by atoms with van der Waals surface area (Å²) in [6, 6.07) is 1.65. The molecule has 8 heavy (non-hydrogen) atoms. The highest BCUT2D eigenvalue weighted by molar-refractivity contribution is 4.94. The molecule has 1 heterocycles. The van der Waals surface area contributed by atoms with Gasteiger partial charge in [0.15, 0.2) is 0 Å². The van der Waals surface area contributed by atoms with E-state index in [4.69, 9.17) is 0 Å². The Labute approximate surface area is 46.3 Å². The smallest absolute Gasteiger partial charge is 0.124 e. The molecule has 0 bridgehead atoms. The Morgan fingerprint density at radius 3 is 3.12 bits per heavy atom. The van der Waals surface area contributed by atoms with Crippen molar-refractivity contribution in [3.05, 3.63) is 18.0 Å². The van der Waals surface area contributed by atoms with E-state index >= 15 is 0 Å². The first-order valence-corrected chi connectivity index (χ1v) is 2.38. The van der Waals surface area contributed by atoms with E-state index < -0.39 is 0 Å². The minimum absolute atomic E-state index is 0.358. The zero-order chi connectivity index (χ0) is 5.82. The van der Waals surface area contributed by atoms with Crippen LogP contribution in [0.25, 0.3) is 0 Å². The monoisotopic (exact) mass is 115 g/mol. The summed E-state index contributed by atoms with van der Waals surface area (Å²) in [5.74, 6) is 0. The third-order valence-corrected chi connectivity index (χ3v) is 0.842. The Balaban J connectivity index is 2.50. The number of hydrogen-bond donors (Lipinski definition) is 0. The second kappa shape index (κ2) is 2.45. The average Bonchev–Trinajstić information content (AvgIpc) is 2.19. The van der Waals surface area contributed by atoms with Crippen LogP contribution in [0.4, 0.5) is 4.39 Å². The Morgan fingerprint density at radius 1 is 1.75 bits per heavy atom. The van der Waals surface area contributed by atoms with Crippen LogP contribution in [-0.4, -0.2) is 11.8 Å². The van der Waals surface area contributed by atoms with Crippen LogP contribution >= 0.6 is 0 Å². The normalized spacial score (nSPS) is 9.62. The zero-order valence-corrected chi connectivity index (χ0v) is 4.30. The fourth-order valence-corrected chi connectivity index (χ4v) is 0.463. The van der Waals surface area contributed by atoms with Gasteiger partial charge in [-0.05, 0) is 0 Å². The molecule has 1 aromatic heterocycles. The Bertz CT molecular complexity index is 138. The summed E-state index contributed by atoms with van der Waals surface area (Å²) >= 11 is 0. The number of aryl methyl sites for hydroxylation is 1. The van der Waals surface area contributed by atoms with E-state index in [0.717, 1.165) is 0 Å². The highest BCUT2D eigenvalue weighted by Gasteiger charge is 1.92. The summed E-state index contributed by atoms with van der Waals surface area (Å²) in [5, 5.41) is 3.49. The summed E-state index contributed by atoms with van der Waals surface area (Å²) in [6.45, 7) is -0.369. The second-order valence-corrected chi connectivity index (χ2v) is 1.43. The van der Waals surface area contributed by atoms with E-state index in [1.165, 1.54) is 6.26 Å². The molecule has 44 valence electrons. The van der Waals surface area contributed by atoms with Crippen molar-refractivity contribution in [3.63, 3.8) is 0 Å². The molecule has 0 aliphatic carbocycles. The molecule has 1 aromatic rings. The van der Waals surface area contributed by atoms with E-state index in [9.17, 15) is 4.39 Å². The molecule has 3 heteroatoms. The molecule has 0 saturated carbocycles. The van der Waals surface area contributed by atoms with Crippen LogP contribution in [0.2, 0.25) is 0 Å². The van der Waals surface area contributed by atoms with Gasteiger partial charge in [-0.15, -0.1) is 0 Å². The SMILES string of the molecule is FCCc1ccon1. The molecule has 0 saturated heterocycles. The van der Waals surface area contributed by atoms with Crippen LogP contribution in [-0.2, 0) is 6.42 Å². The van der Waals surface area contributed by atoms with Gasteiger partial charge in [0, 0.05) is 12.5 Å². The second-order valence-electron chi connectivity index (χ2n) is 1.43. The van der Waals surface area contributed by atoms with Gasteiger partial charge in [-0.2, -0.15) is 0 Å². The van der Waals surface area contributed by atoms with Gasteiger partial charge in [-0.25, -0.2) is 0 Å². The Kier molecular flexibility index (Phi) is 1.62.